The molecule has 2 aliphatic heterocycles. The monoisotopic (exact) mass is 497 g/mol. The van der Waals surface area contributed by atoms with Gasteiger partial charge < -0.3 is 23.5 Å². The molecule has 1 amide bonds. The quantitative estimate of drug-likeness (QED) is 0.445. The van der Waals surface area contributed by atoms with E-state index in [-0.39, 0.29) is 23.2 Å². The second kappa shape index (κ2) is 9.55. The van der Waals surface area contributed by atoms with Gasteiger partial charge in [-0.3, -0.25) is 9.59 Å². The lowest BCUT2D eigenvalue weighted by molar-refractivity contribution is 0.0486. The molecule has 5 rings (SSSR count). The minimum Gasteiger partial charge on any atom is -0.493 e. The van der Waals surface area contributed by atoms with Crippen molar-refractivity contribution in [3.05, 3.63) is 68.5 Å². The van der Waals surface area contributed by atoms with Gasteiger partial charge in [-0.05, 0) is 54.7 Å². The Morgan fingerprint density at radius 1 is 1.14 bits per heavy atom. The summed E-state index contributed by atoms with van der Waals surface area (Å²) in [6.07, 6.45) is 1.71. The molecule has 0 unspecified atom stereocenters. The molecule has 2 atom stereocenters. The van der Waals surface area contributed by atoms with Gasteiger partial charge in [-0.15, -0.1) is 0 Å². The van der Waals surface area contributed by atoms with E-state index in [2.05, 4.69) is 13.8 Å². The molecular formula is C27H28ClNO6. The third-order valence-corrected chi connectivity index (χ3v) is 6.66. The highest BCUT2D eigenvalue weighted by Crippen LogP contribution is 2.41. The fourth-order valence-electron chi connectivity index (χ4n) is 4.77. The van der Waals surface area contributed by atoms with Crippen LogP contribution in [-0.2, 0) is 4.74 Å². The molecule has 2 aliphatic rings. The number of methoxy groups -OCH3 is 1. The van der Waals surface area contributed by atoms with E-state index >= 15 is 0 Å². The maximum absolute atomic E-state index is 13.7. The Bertz CT molecular complexity index is 1330. The molecule has 8 heteroatoms. The predicted octanol–water partition coefficient (Wildman–Crippen LogP) is 5.21. The maximum Gasteiger partial charge on any atom is 0.291 e. The van der Waals surface area contributed by atoms with E-state index in [9.17, 15) is 9.59 Å². The highest BCUT2D eigenvalue weighted by Gasteiger charge is 2.44. The van der Waals surface area contributed by atoms with Gasteiger partial charge in [0, 0.05) is 18.2 Å². The van der Waals surface area contributed by atoms with Crippen LogP contribution in [0.5, 0.6) is 11.5 Å². The van der Waals surface area contributed by atoms with Crippen molar-refractivity contribution in [2.45, 2.75) is 38.8 Å². The molecule has 1 saturated heterocycles. The molecule has 0 aliphatic carbocycles. The van der Waals surface area contributed by atoms with Gasteiger partial charge in [0.25, 0.3) is 5.91 Å². The number of amides is 1. The number of nitrogens with zero attached hydrogens (tertiary/aromatic N) is 1. The third-order valence-electron chi connectivity index (χ3n) is 6.43. The van der Waals surface area contributed by atoms with Crippen LogP contribution in [0, 0.1) is 5.92 Å². The van der Waals surface area contributed by atoms with Crippen molar-refractivity contribution >= 4 is 28.5 Å². The number of benzene rings is 2. The number of hydrogen-bond donors (Lipinski definition) is 0. The number of halogens is 1. The lowest BCUT2D eigenvalue weighted by atomic mass is 9.97. The normalized spacial score (nSPS) is 19.6. The second-order valence-electron chi connectivity index (χ2n) is 9.42. The second-order valence-corrected chi connectivity index (χ2v) is 9.86. The first-order chi connectivity index (χ1) is 16.9. The molecule has 3 heterocycles. The summed E-state index contributed by atoms with van der Waals surface area (Å²) in [5, 5.41) is 0.770. The average molecular weight is 498 g/mol. The number of ether oxygens (including phenoxy) is 3. The number of carbonyl (C=O) groups is 1. The Hall–Kier alpha value is -3.03. The van der Waals surface area contributed by atoms with E-state index in [0.717, 1.165) is 18.4 Å². The molecule has 3 aromatic rings. The van der Waals surface area contributed by atoms with Gasteiger partial charge in [0.1, 0.15) is 5.58 Å². The van der Waals surface area contributed by atoms with Gasteiger partial charge in [0.05, 0.1) is 36.8 Å². The lowest BCUT2D eigenvalue weighted by Gasteiger charge is -2.28. The summed E-state index contributed by atoms with van der Waals surface area (Å²) in [7, 11) is 1.57. The summed E-state index contributed by atoms with van der Waals surface area (Å²) in [6, 6.07) is 9.71. The van der Waals surface area contributed by atoms with Gasteiger partial charge in [0.2, 0.25) is 5.76 Å². The molecule has 1 aromatic heterocycles. The Labute approximate surface area is 208 Å². The van der Waals surface area contributed by atoms with Crippen molar-refractivity contribution in [2.24, 2.45) is 5.92 Å². The van der Waals surface area contributed by atoms with Gasteiger partial charge >= 0.3 is 0 Å². The van der Waals surface area contributed by atoms with Crippen LogP contribution in [-0.4, -0.2) is 43.8 Å². The van der Waals surface area contributed by atoms with E-state index < -0.39 is 6.04 Å². The van der Waals surface area contributed by atoms with Crippen LogP contribution in [0.4, 0.5) is 0 Å². The zero-order valence-electron chi connectivity index (χ0n) is 20.0. The van der Waals surface area contributed by atoms with Crippen molar-refractivity contribution in [3.63, 3.8) is 0 Å². The van der Waals surface area contributed by atoms with Gasteiger partial charge in [0.15, 0.2) is 16.9 Å². The van der Waals surface area contributed by atoms with E-state index in [1.54, 1.807) is 30.2 Å². The highest BCUT2D eigenvalue weighted by molar-refractivity contribution is 6.31. The number of rotatable bonds is 7. The molecule has 35 heavy (non-hydrogen) atoms. The molecular weight excluding hydrogens is 470 g/mol. The largest absolute Gasteiger partial charge is 0.493 e. The first-order valence-electron chi connectivity index (χ1n) is 11.9. The zero-order chi connectivity index (χ0) is 24.7. The summed E-state index contributed by atoms with van der Waals surface area (Å²) in [6.45, 7) is 5.71. The number of carbonyl (C=O) groups excluding carboxylic acids is 1. The zero-order valence-corrected chi connectivity index (χ0v) is 20.8. The molecule has 7 nitrogen and oxygen atoms in total. The van der Waals surface area contributed by atoms with Gasteiger partial charge in [-0.1, -0.05) is 31.5 Å². The Kier molecular flexibility index (Phi) is 6.47. The number of hydrogen-bond acceptors (Lipinski definition) is 6. The van der Waals surface area contributed by atoms with Crippen molar-refractivity contribution in [3.8, 4) is 11.5 Å². The summed E-state index contributed by atoms with van der Waals surface area (Å²) in [5.41, 5.74) is 1.11. The van der Waals surface area contributed by atoms with Crippen molar-refractivity contribution in [1.82, 2.24) is 4.90 Å². The molecule has 0 bridgehead atoms. The first-order valence-corrected chi connectivity index (χ1v) is 12.2. The predicted molar refractivity (Wildman–Crippen MR) is 133 cm³/mol. The van der Waals surface area contributed by atoms with E-state index in [4.69, 9.17) is 30.2 Å². The molecule has 0 spiro atoms. The van der Waals surface area contributed by atoms with Crippen molar-refractivity contribution < 1.29 is 23.4 Å². The first kappa shape index (κ1) is 23.7. The van der Waals surface area contributed by atoms with E-state index in [1.807, 2.05) is 18.2 Å². The summed E-state index contributed by atoms with van der Waals surface area (Å²) >= 11 is 6.17. The van der Waals surface area contributed by atoms with Crippen LogP contribution < -0.4 is 14.9 Å². The maximum atomic E-state index is 13.7. The van der Waals surface area contributed by atoms with Crippen LogP contribution in [0.25, 0.3) is 11.0 Å². The Morgan fingerprint density at radius 3 is 2.69 bits per heavy atom. The minimum atomic E-state index is -0.644. The molecule has 0 radical (unpaired) electrons. The fourth-order valence-corrected chi connectivity index (χ4v) is 4.94. The van der Waals surface area contributed by atoms with E-state index in [0.29, 0.717) is 58.7 Å². The standard InChI is InChI=1S/C27H28ClNO6/c1-15(2)14-34-21-8-6-16(11-22(21)32-3)24-23-25(30)19-12-17(28)7-9-20(19)35-26(23)27(31)29(24)13-18-5-4-10-33-18/h6-9,11-12,15,18,24H,4-5,10,13-14H2,1-3H3/t18-,24+/m0/s1. The molecule has 0 saturated carbocycles. The number of fused-ring (bicyclic) bond motifs is 2. The van der Waals surface area contributed by atoms with Crippen LogP contribution >= 0.6 is 11.6 Å². The van der Waals surface area contributed by atoms with Gasteiger partial charge in [-0.25, -0.2) is 0 Å². The molecule has 0 N–H and O–H groups in total. The SMILES string of the molecule is COc1cc([C@@H]2c3c(oc4ccc(Cl)cc4c3=O)C(=O)N2C[C@@H]2CCCO2)ccc1OCC(C)C. The van der Waals surface area contributed by atoms with Crippen molar-refractivity contribution in [2.75, 3.05) is 26.9 Å². The van der Waals surface area contributed by atoms with Crippen LogP contribution in [0.1, 0.15) is 54.4 Å². The minimum absolute atomic E-state index is 0.0620. The third kappa shape index (κ3) is 4.39. The molecule has 2 aromatic carbocycles. The van der Waals surface area contributed by atoms with Crippen LogP contribution in [0.2, 0.25) is 5.02 Å². The fraction of sp³-hybridized carbons (Fsp3) is 0.407. The summed E-state index contributed by atoms with van der Waals surface area (Å²) in [4.78, 5) is 29.0. The Balaban J connectivity index is 1.64. The van der Waals surface area contributed by atoms with Gasteiger partial charge in [-0.2, -0.15) is 0 Å². The average Bonchev–Trinajstić information content (AvgIpc) is 3.45. The van der Waals surface area contributed by atoms with Crippen molar-refractivity contribution in [1.29, 1.82) is 0 Å². The van der Waals surface area contributed by atoms with Crippen LogP contribution in [0.3, 0.4) is 0 Å². The molecule has 184 valence electrons. The lowest BCUT2D eigenvalue weighted by Crippen LogP contribution is -2.36. The van der Waals surface area contributed by atoms with E-state index in [1.165, 1.54) is 0 Å². The molecule has 1 fully saturated rings. The Morgan fingerprint density at radius 2 is 1.97 bits per heavy atom. The smallest absolute Gasteiger partial charge is 0.291 e. The van der Waals surface area contributed by atoms with Crippen LogP contribution in [0.15, 0.2) is 45.6 Å². The summed E-state index contributed by atoms with van der Waals surface area (Å²) < 4.78 is 23.3. The summed E-state index contributed by atoms with van der Waals surface area (Å²) in [5.74, 6) is 1.23. The highest BCUT2D eigenvalue weighted by atomic mass is 35.5. The topological polar surface area (TPSA) is 78.2 Å².